The number of nitrogens with one attached hydrogen (secondary N) is 1. The average molecular weight is 376 g/mol. The summed E-state index contributed by atoms with van der Waals surface area (Å²) in [6, 6.07) is 11.4. The van der Waals surface area contributed by atoms with E-state index >= 15 is 0 Å². The lowest BCUT2D eigenvalue weighted by Crippen LogP contribution is -2.52. The van der Waals surface area contributed by atoms with Gasteiger partial charge in [0.05, 0.1) is 0 Å². The molecule has 1 aromatic carbocycles. The SMILES string of the molecule is CCC(CCN(C)C(=O)OCc1ccccc1)NC1CCCCC1N(C)C. The first-order valence-electron chi connectivity index (χ1n) is 10.4. The Bertz CT molecular complexity index is 550. The number of carbonyl (C=O) groups is 1. The highest BCUT2D eigenvalue weighted by molar-refractivity contribution is 5.67. The van der Waals surface area contributed by atoms with Crippen molar-refractivity contribution >= 4 is 6.09 Å². The van der Waals surface area contributed by atoms with E-state index in [0.717, 1.165) is 18.4 Å². The third-order valence-electron chi connectivity index (χ3n) is 5.67. The maximum absolute atomic E-state index is 12.2. The van der Waals surface area contributed by atoms with Gasteiger partial charge < -0.3 is 19.9 Å². The summed E-state index contributed by atoms with van der Waals surface area (Å²) in [6.45, 7) is 3.25. The quantitative estimate of drug-likeness (QED) is 0.711. The minimum absolute atomic E-state index is 0.252. The fourth-order valence-electron chi connectivity index (χ4n) is 3.90. The van der Waals surface area contributed by atoms with Gasteiger partial charge in [0.1, 0.15) is 6.61 Å². The Labute approximate surface area is 165 Å². The Hall–Kier alpha value is -1.59. The van der Waals surface area contributed by atoms with Crippen molar-refractivity contribution in [1.82, 2.24) is 15.1 Å². The van der Waals surface area contributed by atoms with Crippen molar-refractivity contribution in [3.63, 3.8) is 0 Å². The molecule has 1 aromatic rings. The highest BCUT2D eigenvalue weighted by Crippen LogP contribution is 2.22. The van der Waals surface area contributed by atoms with Gasteiger partial charge in [-0.2, -0.15) is 0 Å². The second kappa shape index (κ2) is 11.3. The van der Waals surface area contributed by atoms with Crippen LogP contribution in [0.4, 0.5) is 4.79 Å². The van der Waals surface area contributed by atoms with Crippen molar-refractivity contribution in [2.24, 2.45) is 0 Å². The topological polar surface area (TPSA) is 44.8 Å². The summed E-state index contributed by atoms with van der Waals surface area (Å²) < 4.78 is 5.41. The van der Waals surface area contributed by atoms with Crippen molar-refractivity contribution in [3.8, 4) is 0 Å². The normalized spacial score (nSPS) is 21.1. The van der Waals surface area contributed by atoms with Gasteiger partial charge in [-0.3, -0.25) is 0 Å². The van der Waals surface area contributed by atoms with Gasteiger partial charge in [-0.25, -0.2) is 4.79 Å². The van der Waals surface area contributed by atoms with Crippen molar-refractivity contribution in [2.75, 3.05) is 27.7 Å². The summed E-state index contributed by atoms with van der Waals surface area (Å²) in [5.74, 6) is 0. The van der Waals surface area contributed by atoms with Crippen LogP contribution in [-0.2, 0) is 11.3 Å². The largest absolute Gasteiger partial charge is 0.445 e. The average Bonchev–Trinajstić information content (AvgIpc) is 2.69. The maximum Gasteiger partial charge on any atom is 0.409 e. The third kappa shape index (κ3) is 7.15. The lowest BCUT2D eigenvalue weighted by molar-refractivity contribution is 0.102. The zero-order valence-electron chi connectivity index (χ0n) is 17.5. The molecule has 1 amide bonds. The summed E-state index contributed by atoms with van der Waals surface area (Å²) in [7, 11) is 6.19. The molecule has 152 valence electrons. The first-order chi connectivity index (χ1) is 13.0. The zero-order chi connectivity index (χ0) is 19.6. The Balaban J connectivity index is 1.75. The molecule has 0 aliphatic heterocycles. The standard InChI is InChI=1S/C22H37N3O2/c1-5-19(23-20-13-9-10-14-21(20)24(2)3)15-16-25(4)22(26)27-17-18-11-7-6-8-12-18/h6-8,11-12,19-21,23H,5,9-10,13-17H2,1-4H3. The van der Waals surface area contributed by atoms with Gasteiger partial charge in [-0.15, -0.1) is 0 Å². The van der Waals surface area contributed by atoms with Crippen molar-refractivity contribution in [1.29, 1.82) is 0 Å². The van der Waals surface area contributed by atoms with Crippen molar-refractivity contribution in [3.05, 3.63) is 35.9 Å². The molecule has 0 spiro atoms. The molecule has 0 bridgehead atoms. The summed E-state index contributed by atoms with van der Waals surface area (Å²) in [5.41, 5.74) is 1.01. The van der Waals surface area contributed by atoms with Gasteiger partial charge in [0.15, 0.2) is 0 Å². The predicted octanol–water partition coefficient (Wildman–Crippen LogP) is 3.89. The van der Waals surface area contributed by atoms with Crippen LogP contribution in [0, 0.1) is 0 Å². The first kappa shape index (κ1) is 21.7. The van der Waals surface area contributed by atoms with Crippen molar-refractivity contribution in [2.45, 2.75) is 70.2 Å². The van der Waals surface area contributed by atoms with E-state index in [-0.39, 0.29) is 6.09 Å². The summed E-state index contributed by atoms with van der Waals surface area (Å²) in [6.07, 6.45) is 6.92. The highest BCUT2D eigenvalue weighted by Gasteiger charge is 2.28. The van der Waals surface area contributed by atoms with Gasteiger partial charge in [0.25, 0.3) is 0 Å². The lowest BCUT2D eigenvalue weighted by atomic mass is 9.88. The van der Waals surface area contributed by atoms with Gasteiger partial charge in [0.2, 0.25) is 0 Å². The molecule has 1 aliphatic rings. The van der Waals surface area contributed by atoms with Gasteiger partial charge in [0, 0.05) is 31.7 Å². The summed E-state index contributed by atoms with van der Waals surface area (Å²) in [5, 5.41) is 3.87. The molecule has 1 N–H and O–H groups in total. The van der Waals surface area contributed by atoms with Crippen LogP contribution >= 0.6 is 0 Å². The Kier molecular flexibility index (Phi) is 9.08. The van der Waals surface area contributed by atoms with E-state index in [9.17, 15) is 4.79 Å². The number of carbonyl (C=O) groups excluding carboxylic acids is 1. The fraction of sp³-hybridized carbons (Fsp3) is 0.682. The number of hydrogen-bond donors (Lipinski definition) is 1. The molecule has 3 unspecified atom stereocenters. The second-order valence-electron chi connectivity index (χ2n) is 7.94. The molecule has 3 atom stereocenters. The number of likely N-dealkylation sites (N-methyl/N-ethyl adjacent to an activating group) is 1. The van der Waals surface area contributed by atoms with Crippen LogP contribution in [-0.4, -0.2) is 61.7 Å². The van der Waals surface area contributed by atoms with E-state index in [2.05, 4.69) is 31.2 Å². The van der Waals surface area contributed by atoms with Crippen LogP contribution in [0.5, 0.6) is 0 Å². The Morgan fingerprint density at radius 3 is 2.56 bits per heavy atom. The number of benzene rings is 1. The predicted molar refractivity (Wildman–Crippen MR) is 111 cm³/mol. The van der Waals surface area contributed by atoms with Gasteiger partial charge >= 0.3 is 6.09 Å². The number of ether oxygens (including phenoxy) is 1. The smallest absolute Gasteiger partial charge is 0.409 e. The van der Waals surface area contributed by atoms with Gasteiger partial charge in [-0.05, 0) is 45.3 Å². The molecule has 5 heteroatoms. The molecule has 0 aromatic heterocycles. The van der Waals surface area contributed by atoms with Crippen LogP contribution in [0.25, 0.3) is 0 Å². The Morgan fingerprint density at radius 2 is 1.89 bits per heavy atom. The van der Waals surface area contributed by atoms with Crippen molar-refractivity contribution < 1.29 is 9.53 Å². The first-order valence-corrected chi connectivity index (χ1v) is 10.4. The monoisotopic (exact) mass is 375 g/mol. The number of amides is 1. The zero-order valence-corrected chi connectivity index (χ0v) is 17.5. The van der Waals surface area contributed by atoms with Crippen LogP contribution in [0.3, 0.4) is 0 Å². The minimum Gasteiger partial charge on any atom is -0.445 e. The molecule has 2 rings (SSSR count). The minimum atomic E-state index is -0.252. The molecular weight excluding hydrogens is 338 g/mol. The Morgan fingerprint density at radius 1 is 1.19 bits per heavy atom. The molecule has 0 saturated heterocycles. The van der Waals surface area contributed by atoms with Crippen LogP contribution in [0.2, 0.25) is 0 Å². The summed E-state index contributed by atoms with van der Waals surface area (Å²) in [4.78, 5) is 16.3. The molecule has 1 fully saturated rings. The molecule has 27 heavy (non-hydrogen) atoms. The molecule has 0 radical (unpaired) electrons. The van der Waals surface area contributed by atoms with Crippen LogP contribution < -0.4 is 5.32 Å². The molecule has 0 heterocycles. The highest BCUT2D eigenvalue weighted by atomic mass is 16.6. The third-order valence-corrected chi connectivity index (χ3v) is 5.67. The summed E-state index contributed by atoms with van der Waals surface area (Å²) >= 11 is 0. The number of hydrogen-bond acceptors (Lipinski definition) is 4. The van der Waals surface area contributed by atoms with E-state index in [1.54, 1.807) is 4.90 Å². The molecule has 1 aliphatic carbocycles. The van der Waals surface area contributed by atoms with Crippen LogP contribution in [0.15, 0.2) is 30.3 Å². The van der Waals surface area contributed by atoms with E-state index in [0.29, 0.717) is 31.3 Å². The van der Waals surface area contributed by atoms with E-state index < -0.39 is 0 Å². The fourth-order valence-corrected chi connectivity index (χ4v) is 3.90. The van der Waals surface area contributed by atoms with E-state index in [1.165, 1.54) is 25.7 Å². The second-order valence-corrected chi connectivity index (χ2v) is 7.94. The number of nitrogens with zero attached hydrogens (tertiary/aromatic N) is 2. The van der Waals surface area contributed by atoms with E-state index in [1.807, 2.05) is 37.4 Å². The number of rotatable bonds is 9. The van der Waals surface area contributed by atoms with Gasteiger partial charge in [-0.1, -0.05) is 50.1 Å². The lowest BCUT2D eigenvalue weighted by Gasteiger charge is -2.39. The molecule has 5 nitrogen and oxygen atoms in total. The van der Waals surface area contributed by atoms with E-state index in [4.69, 9.17) is 4.74 Å². The molecular formula is C22H37N3O2. The van der Waals surface area contributed by atoms with Crippen LogP contribution in [0.1, 0.15) is 51.0 Å². The maximum atomic E-state index is 12.2. The molecule has 1 saturated carbocycles.